The summed E-state index contributed by atoms with van der Waals surface area (Å²) in [5, 5.41) is 20.0. The van der Waals surface area contributed by atoms with Crippen LogP contribution in [0, 0.1) is 10.1 Å². The first kappa shape index (κ1) is 16.7. The summed E-state index contributed by atoms with van der Waals surface area (Å²) in [6, 6.07) is 3.66. The molecule has 0 bridgehead atoms. The molecule has 1 saturated heterocycles. The van der Waals surface area contributed by atoms with E-state index in [2.05, 4.69) is 0 Å². The van der Waals surface area contributed by atoms with Gasteiger partial charge in [-0.2, -0.15) is 0 Å². The summed E-state index contributed by atoms with van der Waals surface area (Å²) < 4.78 is 5.18. The van der Waals surface area contributed by atoms with E-state index in [9.17, 15) is 24.8 Å². The highest BCUT2D eigenvalue weighted by molar-refractivity contribution is 5.98. The number of morpholine rings is 1. The van der Waals surface area contributed by atoms with Crippen molar-refractivity contribution in [2.24, 2.45) is 0 Å². The number of carbonyl (C=O) groups is 2. The third-order valence-electron chi connectivity index (χ3n) is 3.57. The summed E-state index contributed by atoms with van der Waals surface area (Å²) in [5.41, 5.74) is 0.164. The smallest absolute Gasteiger partial charge is 0.326 e. The largest absolute Gasteiger partial charge is 0.480 e. The minimum Gasteiger partial charge on any atom is -0.480 e. The predicted molar refractivity (Wildman–Crippen MR) is 80.5 cm³/mol. The zero-order valence-corrected chi connectivity index (χ0v) is 12.5. The van der Waals surface area contributed by atoms with Crippen LogP contribution in [-0.4, -0.2) is 59.3 Å². The number of urea groups is 1. The minimum absolute atomic E-state index is 0.129. The van der Waals surface area contributed by atoms with Crippen molar-refractivity contribution in [2.45, 2.75) is 13.0 Å². The van der Waals surface area contributed by atoms with Crippen molar-refractivity contribution in [1.82, 2.24) is 4.90 Å². The van der Waals surface area contributed by atoms with Crippen molar-refractivity contribution in [3.05, 3.63) is 34.4 Å². The Balaban J connectivity index is 2.31. The van der Waals surface area contributed by atoms with Gasteiger partial charge in [0.1, 0.15) is 6.04 Å². The fourth-order valence-corrected chi connectivity index (χ4v) is 2.25. The van der Waals surface area contributed by atoms with Crippen LogP contribution in [0.4, 0.5) is 16.2 Å². The molecular weight excluding hydrogens is 306 g/mol. The number of ether oxygens (including phenoxy) is 1. The van der Waals surface area contributed by atoms with Gasteiger partial charge in [-0.25, -0.2) is 9.59 Å². The molecule has 1 aromatic rings. The molecule has 1 aromatic carbocycles. The Bertz CT molecular complexity index is 597. The third kappa shape index (κ3) is 3.75. The summed E-state index contributed by atoms with van der Waals surface area (Å²) in [5.74, 6) is -1.16. The molecule has 124 valence electrons. The highest BCUT2D eigenvalue weighted by Gasteiger charge is 2.31. The molecule has 9 nitrogen and oxygen atoms in total. The molecule has 1 fully saturated rings. The number of non-ortho nitro benzene ring substituents is 1. The number of nitrogens with zero attached hydrogens (tertiary/aromatic N) is 3. The number of carboxylic acids is 1. The second-order valence-electron chi connectivity index (χ2n) is 5.04. The van der Waals surface area contributed by atoms with Gasteiger partial charge in [-0.15, -0.1) is 0 Å². The second kappa shape index (κ2) is 7.05. The van der Waals surface area contributed by atoms with Crippen LogP contribution in [-0.2, 0) is 9.53 Å². The van der Waals surface area contributed by atoms with Gasteiger partial charge in [0.15, 0.2) is 0 Å². The van der Waals surface area contributed by atoms with Crippen LogP contribution in [0.15, 0.2) is 24.3 Å². The predicted octanol–water partition coefficient (Wildman–Crippen LogP) is 1.33. The molecule has 1 aliphatic rings. The number of hydrogen-bond acceptors (Lipinski definition) is 5. The van der Waals surface area contributed by atoms with Gasteiger partial charge in [0, 0.05) is 30.9 Å². The highest BCUT2D eigenvalue weighted by Crippen LogP contribution is 2.23. The standard InChI is InChI=1S/C14H17N3O6/c1-10(13(18)19)16(14(20)15-6-8-23-9-7-15)11-2-4-12(5-3-11)17(21)22/h2-5,10H,6-9H2,1H3,(H,18,19)/t10-/m0/s1. The van der Waals surface area contributed by atoms with Gasteiger partial charge in [-0.3, -0.25) is 15.0 Å². The minimum atomic E-state index is -1.16. The number of nitro groups is 1. The topological polar surface area (TPSA) is 113 Å². The zero-order chi connectivity index (χ0) is 17.0. The van der Waals surface area contributed by atoms with E-state index in [1.165, 1.54) is 36.1 Å². The lowest BCUT2D eigenvalue weighted by atomic mass is 10.2. The zero-order valence-electron chi connectivity index (χ0n) is 12.5. The van der Waals surface area contributed by atoms with Crippen molar-refractivity contribution in [3.8, 4) is 0 Å². The Labute approximate surface area is 132 Å². The van der Waals surface area contributed by atoms with Crippen molar-refractivity contribution in [1.29, 1.82) is 0 Å². The maximum atomic E-state index is 12.7. The third-order valence-corrected chi connectivity index (χ3v) is 3.57. The number of aliphatic carboxylic acids is 1. The van der Waals surface area contributed by atoms with E-state index in [1.807, 2.05) is 0 Å². The van der Waals surface area contributed by atoms with Gasteiger partial charge < -0.3 is 14.7 Å². The van der Waals surface area contributed by atoms with Gasteiger partial charge in [0.2, 0.25) is 0 Å². The lowest BCUT2D eigenvalue weighted by Crippen LogP contribution is -2.53. The van der Waals surface area contributed by atoms with Gasteiger partial charge in [-0.05, 0) is 19.1 Å². The van der Waals surface area contributed by atoms with E-state index in [0.29, 0.717) is 32.0 Å². The summed E-state index contributed by atoms with van der Waals surface area (Å²) in [7, 11) is 0. The lowest BCUT2D eigenvalue weighted by molar-refractivity contribution is -0.384. The lowest BCUT2D eigenvalue weighted by Gasteiger charge is -2.34. The monoisotopic (exact) mass is 323 g/mol. The molecule has 23 heavy (non-hydrogen) atoms. The molecule has 2 rings (SSSR count). The molecule has 0 radical (unpaired) electrons. The molecule has 1 N–H and O–H groups in total. The van der Waals surface area contributed by atoms with Crippen molar-refractivity contribution in [3.63, 3.8) is 0 Å². The first-order valence-corrected chi connectivity index (χ1v) is 7.05. The molecule has 1 atom stereocenters. The normalized spacial score (nSPS) is 15.8. The number of rotatable bonds is 4. The Morgan fingerprint density at radius 3 is 2.35 bits per heavy atom. The van der Waals surface area contributed by atoms with Gasteiger partial charge in [0.25, 0.3) is 5.69 Å². The second-order valence-corrected chi connectivity index (χ2v) is 5.04. The van der Waals surface area contributed by atoms with E-state index in [1.54, 1.807) is 0 Å². The van der Waals surface area contributed by atoms with E-state index >= 15 is 0 Å². The average Bonchev–Trinajstić information content (AvgIpc) is 2.56. The van der Waals surface area contributed by atoms with E-state index in [-0.39, 0.29) is 5.69 Å². The summed E-state index contributed by atoms with van der Waals surface area (Å²) in [6.45, 7) is 2.91. The van der Waals surface area contributed by atoms with Crippen LogP contribution >= 0.6 is 0 Å². The van der Waals surface area contributed by atoms with Crippen LogP contribution in [0.25, 0.3) is 0 Å². The van der Waals surface area contributed by atoms with Crippen LogP contribution in [0.5, 0.6) is 0 Å². The molecule has 0 saturated carbocycles. The fourth-order valence-electron chi connectivity index (χ4n) is 2.25. The fraction of sp³-hybridized carbons (Fsp3) is 0.429. The number of hydrogen-bond donors (Lipinski definition) is 1. The Morgan fingerprint density at radius 1 is 1.30 bits per heavy atom. The molecule has 0 spiro atoms. The molecule has 0 aromatic heterocycles. The molecular formula is C14H17N3O6. The average molecular weight is 323 g/mol. The number of anilines is 1. The molecule has 9 heteroatoms. The summed E-state index contributed by atoms with van der Waals surface area (Å²) in [4.78, 5) is 36.8. The Morgan fingerprint density at radius 2 is 1.87 bits per heavy atom. The van der Waals surface area contributed by atoms with Gasteiger partial charge >= 0.3 is 12.0 Å². The van der Waals surface area contributed by atoms with Crippen molar-refractivity contribution >= 4 is 23.4 Å². The van der Waals surface area contributed by atoms with Crippen molar-refractivity contribution < 1.29 is 24.4 Å². The maximum Gasteiger partial charge on any atom is 0.326 e. The highest BCUT2D eigenvalue weighted by atomic mass is 16.6. The SMILES string of the molecule is C[C@@H](C(=O)O)N(C(=O)N1CCOCC1)c1ccc([N+](=O)[O-])cc1. The summed E-state index contributed by atoms with van der Waals surface area (Å²) >= 11 is 0. The molecule has 2 amide bonds. The Kier molecular flexibility index (Phi) is 5.12. The first-order chi connectivity index (χ1) is 10.9. The number of carbonyl (C=O) groups excluding carboxylic acids is 1. The maximum absolute atomic E-state index is 12.7. The number of amides is 2. The van der Waals surface area contributed by atoms with Crippen LogP contribution < -0.4 is 4.90 Å². The van der Waals surface area contributed by atoms with E-state index in [0.717, 1.165) is 4.90 Å². The number of carboxylic acid groups (broad SMARTS) is 1. The van der Waals surface area contributed by atoms with Gasteiger partial charge in [0.05, 0.1) is 18.1 Å². The molecule has 1 heterocycles. The van der Waals surface area contributed by atoms with Crippen LogP contribution in [0.1, 0.15) is 6.92 Å². The quantitative estimate of drug-likeness (QED) is 0.660. The number of benzene rings is 1. The first-order valence-electron chi connectivity index (χ1n) is 7.05. The number of nitro benzene ring substituents is 1. The van der Waals surface area contributed by atoms with Gasteiger partial charge in [-0.1, -0.05) is 0 Å². The Hall–Kier alpha value is -2.68. The van der Waals surface area contributed by atoms with Crippen LogP contribution in [0.2, 0.25) is 0 Å². The molecule has 1 aliphatic heterocycles. The van der Waals surface area contributed by atoms with Crippen molar-refractivity contribution in [2.75, 3.05) is 31.2 Å². The summed E-state index contributed by atoms with van der Waals surface area (Å²) in [6.07, 6.45) is 0. The van der Waals surface area contributed by atoms with E-state index in [4.69, 9.17) is 4.74 Å². The van der Waals surface area contributed by atoms with Crippen LogP contribution in [0.3, 0.4) is 0 Å². The molecule has 0 unspecified atom stereocenters. The molecule has 0 aliphatic carbocycles. The van der Waals surface area contributed by atoms with E-state index < -0.39 is 23.0 Å².